The lowest BCUT2D eigenvalue weighted by Gasteiger charge is -2.30. The summed E-state index contributed by atoms with van der Waals surface area (Å²) in [4.78, 5) is 9.41. The zero-order valence-electron chi connectivity index (χ0n) is 38.3. The summed E-state index contributed by atoms with van der Waals surface area (Å²) in [5, 5.41) is 21.8. The van der Waals surface area contributed by atoms with Gasteiger partial charge in [0.25, 0.3) is 0 Å². The van der Waals surface area contributed by atoms with Crippen LogP contribution >= 0.6 is 0 Å². The highest BCUT2D eigenvalue weighted by atomic mass is 28.3. The molecule has 0 aliphatic carbocycles. The van der Waals surface area contributed by atoms with E-state index in [9.17, 15) is 5.26 Å². The molecule has 6 heteroatoms. The van der Waals surface area contributed by atoms with Gasteiger partial charge in [0, 0.05) is 57.5 Å². The lowest BCUT2D eigenvalue weighted by atomic mass is 9.96. The standard InChI is InChI=1S/C65H39N5Si/c66-38-53-60(69-56-23-10-7-18-47(56)51-34-43(26-28-58(51)69)41-14-3-1-4-15-41)36-45(37-61(53)70-57-24-11-8-19-48(57)52-35-44(27-29-59(52)70)42-16-5-2-6-17-42)46-21-13-22-50-49-20-9-12-25-62(49)71(65(46)50)63-30-32-67-39-54(63)55-40-68-33-31-64(55)71/h1-37,39-40H. The molecule has 1 spiro atoms. The van der Waals surface area contributed by atoms with E-state index >= 15 is 0 Å². The molecule has 0 saturated heterocycles. The zero-order valence-corrected chi connectivity index (χ0v) is 39.3. The minimum Gasteiger partial charge on any atom is -0.308 e. The highest BCUT2D eigenvalue weighted by Crippen LogP contribution is 2.44. The average Bonchev–Trinajstić information content (AvgIpc) is 4.15. The molecule has 2 aliphatic heterocycles. The third kappa shape index (κ3) is 5.44. The minimum absolute atomic E-state index is 0.592. The Balaban J connectivity index is 1.08. The van der Waals surface area contributed by atoms with E-state index in [1.54, 1.807) is 0 Å². The fourth-order valence-corrected chi connectivity index (χ4v) is 18.3. The molecule has 0 atom stereocenters. The second-order valence-electron chi connectivity index (χ2n) is 18.8. The Morgan fingerprint density at radius 1 is 0.352 bits per heavy atom. The number of pyridine rings is 2. The van der Waals surface area contributed by atoms with Gasteiger partial charge in [0.2, 0.25) is 0 Å². The Morgan fingerprint density at radius 3 is 1.38 bits per heavy atom. The lowest BCUT2D eigenvalue weighted by molar-refractivity contribution is 1.12. The van der Waals surface area contributed by atoms with Crippen molar-refractivity contribution in [2.45, 2.75) is 0 Å². The first kappa shape index (κ1) is 39.6. The van der Waals surface area contributed by atoms with E-state index in [0.717, 1.165) is 99.5 Å². The summed E-state index contributed by atoms with van der Waals surface area (Å²) >= 11 is 0. The number of fused-ring (bicyclic) bond motifs is 16. The van der Waals surface area contributed by atoms with Crippen molar-refractivity contribution in [3.8, 4) is 73.1 Å². The first-order chi connectivity index (χ1) is 35.2. The van der Waals surface area contributed by atoms with Gasteiger partial charge in [0.05, 0.1) is 33.4 Å². The second-order valence-corrected chi connectivity index (χ2v) is 22.4. The van der Waals surface area contributed by atoms with Crippen LogP contribution in [0.25, 0.3) is 111 Å². The van der Waals surface area contributed by atoms with E-state index in [4.69, 9.17) is 9.97 Å². The van der Waals surface area contributed by atoms with E-state index in [2.05, 4.69) is 228 Å². The molecule has 0 N–H and O–H groups in total. The predicted octanol–water partition coefficient (Wildman–Crippen LogP) is 12.9. The van der Waals surface area contributed by atoms with Gasteiger partial charge in [-0.05, 0) is 126 Å². The van der Waals surface area contributed by atoms with Gasteiger partial charge < -0.3 is 9.13 Å². The molecule has 0 radical (unpaired) electrons. The third-order valence-electron chi connectivity index (χ3n) is 15.4. The SMILES string of the molecule is N#Cc1c(-n2c3ccccc3c3cc(-c4ccccc4)ccc32)cc(-c2cccc3c2[Si]2(c4ccncc4-c4cnccc42)c2ccccc2-3)cc1-n1c2ccccc2c2cc(-c3ccccc3)ccc21. The number of rotatable bonds is 5. The summed E-state index contributed by atoms with van der Waals surface area (Å²) in [7, 11) is -2.98. The number of para-hydroxylation sites is 2. The first-order valence-corrected chi connectivity index (χ1v) is 26.1. The molecular formula is C65H39N5Si. The molecule has 0 saturated carbocycles. The maximum atomic E-state index is 11.9. The van der Waals surface area contributed by atoms with Crippen LogP contribution in [-0.2, 0) is 0 Å². The molecule has 4 aromatic heterocycles. The van der Waals surface area contributed by atoms with Crippen LogP contribution in [0.2, 0.25) is 0 Å². The van der Waals surface area contributed by atoms with Crippen LogP contribution in [0, 0.1) is 11.3 Å². The summed E-state index contributed by atoms with van der Waals surface area (Å²) in [5.41, 5.74) is 18.0. The first-order valence-electron chi connectivity index (χ1n) is 24.1. The van der Waals surface area contributed by atoms with Crippen molar-refractivity contribution in [3.05, 3.63) is 243 Å². The van der Waals surface area contributed by atoms with Crippen molar-refractivity contribution >= 4 is 72.4 Å². The number of nitrogens with zero attached hydrogens (tertiary/aromatic N) is 5. The number of aromatic nitrogens is 4. The molecule has 9 aromatic carbocycles. The van der Waals surface area contributed by atoms with Crippen LogP contribution in [0.1, 0.15) is 5.56 Å². The van der Waals surface area contributed by atoms with Crippen molar-refractivity contribution in [3.63, 3.8) is 0 Å². The van der Waals surface area contributed by atoms with Crippen LogP contribution in [0.3, 0.4) is 0 Å². The smallest absolute Gasteiger partial charge is 0.182 e. The van der Waals surface area contributed by atoms with Gasteiger partial charge in [0.15, 0.2) is 8.07 Å². The second kappa shape index (κ2) is 15.0. The highest BCUT2D eigenvalue weighted by Gasteiger charge is 2.55. The van der Waals surface area contributed by atoms with E-state index < -0.39 is 8.07 Å². The van der Waals surface area contributed by atoms with E-state index in [-0.39, 0.29) is 0 Å². The molecule has 71 heavy (non-hydrogen) atoms. The van der Waals surface area contributed by atoms with Gasteiger partial charge in [0.1, 0.15) is 11.6 Å². The number of nitriles is 1. The number of benzene rings is 9. The molecule has 0 unspecified atom stereocenters. The average molecular weight is 918 g/mol. The molecule has 5 nitrogen and oxygen atoms in total. The van der Waals surface area contributed by atoms with Gasteiger partial charge in [-0.15, -0.1) is 0 Å². The van der Waals surface area contributed by atoms with Crippen molar-refractivity contribution in [2.75, 3.05) is 0 Å². The quantitative estimate of drug-likeness (QED) is 0.162. The molecule has 2 aliphatic rings. The Labute approximate surface area is 410 Å². The number of hydrogen-bond donors (Lipinski definition) is 0. The lowest BCUT2D eigenvalue weighted by Crippen LogP contribution is -2.71. The van der Waals surface area contributed by atoms with E-state index in [1.165, 1.54) is 31.9 Å². The molecule has 328 valence electrons. The summed E-state index contributed by atoms with van der Waals surface area (Å²) in [6, 6.07) is 79.9. The third-order valence-corrected chi connectivity index (χ3v) is 20.4. The van der Waals surface area contributed by atoms with Crippen LogP contribution < -0.4 is 20.7 Å². The molecule has 15 rings (SSSR count). The van der Waals surface area contributed by atoms with Crippen molar-refractivity contribution in [1.82, 2.24) is 19.1 Å². The van der Waals surface area contributed by atoms with Gasteiger partial charge >= 0.3 is 0 Å². The Morgan fingerprint density at radius 2 is 0.817 bits per heavy atom. The zero-order chi connectivity index (χ0) is 46.8. The van der Waals surface area contributed by atoms with Gasteiger partial charge in [-0.1, -0.05) is 152 Å². The summed E-state index contributed by atoms with van der Waals surface area (Å²) in [6.45, 7) is 0. The van der Waals surface area contributed by atoms with Crippen molar-refractivity contribution < 1.29 is 0 Å². The largest absolute Gasteiger partial charge is 0.308 e. The fourth-order valence-electron chi connectivity index (χ4n) is 12.5. The Bertz CT molecular complexity index is 4180. The summed E-state index contributed by atoms with van der Waals surface area (Å²) in [5.74, 6) is 0. The predicted molar refractivity (Wildman–Crippen MR) is 293 cm³/mol. The highest BCUT2D eigenvalue weighted by molar-refractivity contribution is 7.24. The van der Waals surface area contributed by atoms with Gasteiger partial charge in [-0.2, -0.15) is 5.26 Å². The normalized spacial score (nSPS) is 12.9. The minimum atomic E-state index is -2.98. The monoisotopic (exact) mass is 917 g/mol. The van der Waals surface area contributed by atoms with Gasteiger partial charge in [-0.3, -0.25) is 9.97 Å². The van der Waals surface area contributed by atoms with Crippen LogP contribution in [-0.4, -0.2) is 27.2 Å². The van der Waals surface area contributed by atoms with Crippen LogP contribution in [0.5, 0.6) is 0 Å². The number of hydrogen-bond acceptors (Lipinski definition) is 3. The van der Waals surface area contributed by atoms with Crippen molar-refractivity contribution in [1.29, 1.82) is 5.26 Å². The van der Waals surface area contributed by atoms with Gasteiger partial charge in [-0.25, -0.2) is 0 Å². The van der Waals surface area contributed by atoms with Crippen LogP contribution in [0.4, 0.5) is 0 Å². The fraction of sp³-hybridized carbons (Fsp3) is 0. The molecule has 6 heterocycles. The summed E-state index contributed by atoms with van der Waals surface area (Å²) < 4.78 is 4.68. The Kier molecular flexibility index (Phi) is 8.38. The van der Waals surface area contributed by atoms with Crippen molar-refractivity contribution in [2.24, 2.45) is 0 Å². The van der Waals surface area contributed by atoms with Crippen LogP contribution in [0.15, 0.2) is 237 Å². The molecule has 13 aromatic rings. The maximum Gasteiger partial charge on any atom is 0.182 e. The molecule has 0 amide bonds. The molecular weight excluding hydrogens is 879 g/mol. The van der Waals surface area contributed by atoms with E-state index in [1.807, 2.05) is 24.8 Å². The molecule has 0 fully saturated rings. The summed E-state index contributed by atoms with van der Waals surface area (Å²) in [6.07, 6.45) is 8.00. The molecule has 0 bridgehead atoms. The Hall–Kier alpha value is -9.41. The maximum absolute atomic E-state index is 11.9. The topological polar surface area (TPSA) is 59.4 Å². The van der Waals surface area contributed by atoms with E-state index in [0.29, 0.717) is 5.56 Å².